The van der Waals surface area contributed by atoms with Crippen LogP contribution in [0.4, 0.5) is 10.2 Å². The minimum atomic E-state index is -0.436. The van der Waals surface area contributed by atoms with Crippen LogP contribution in [0.25, 0.3) is 0 Å². The molecule has 0 aromatic carbocycles. The Balaban J connectivity index is 1.79. The average molecular weight is 207 g/mol. The molecule has 4 heteroatoms. The maximum Gasteiger partial charge on any atom is 0.218 e. The summed E-state index contributed by atoms with van der Waals surface area (Å²) in [6.45, 7) is 2.06. The molecule has 0 N–H and O–H groups in total. The molecule has 0 atom stereocenters. The third-order valence-corrected chi connectivity index (χ3v) is 3.80. The van der Waals surface area contributed by atoms with Crippen molar-refractivity contribution in [2.24, 2.45) is 5.41 Å². The van der Waals surface area contributed by atoms with Crippen molar-refractivity contribution in [2.45, 2.75) is 25.7 Å². The van der Waals surface area contributed by atoms with Crippen LogP contribution in [0.1, 0.15) is 25.7 Å². The van der Waals surface area contributed by atoms with Gasteiger partial charge in [0, 0.05) is 19.2 Å². The Kier molecular flexibility index (Phi) is 1.90. The molecule has 1 aromatic heterocycles. The lowest BCUT2D eigenvalue weighted by molar-refractivity contribution is 0.165. The quantitative estimate of drug-likeness (QED) is 0.659. The molecule has 3 nitrogen and oxygen atoms in total. The average Bonchev–Trinajstić information content (AvgIpc) is 2.62. The van der Waals surface area contributed by atoms with Crippen molar-refractivity contribution in [3.8, 4) is 0 Å². The molecular formula is C11H14FN3. The first-order valence-corrected chi connectivity index (χ1v) is 5.50. The Labute approximate surface area is 88.3 Å². The van der Waals surface area contributed by atoms with Gasteiger partial charge >= 0.3 is 0 Å². The van der Waals surface area contributed by atoms with Crippen LogP contribution in [-0.4, -0.2) is 23.1 Å². The zero-order valence-electron chi connectivity index (χ0n) is 8.62. The number of hydrogen-bond acceptors (Lipinski definition) is 3. The predicted molar refractivity (Wildman–Crippen MR) is 55.1 cm³/mol. The van der Waals surface area contributed by atoms with E-state index >= 15 is 0 Å². The molecule has 0 unspecified atom stereocenters. The highest BCUT2D eigenvalue weighted by Crippen LogP contribution is 2.48. The van der Waals surface area contributed by atoms with Crippen molar-refractivity contribution < 1.29 is 4.39 Å². The van der Waals surface area contributed by atoms with Gasteiger partial charge in [0.2, 0.25) is 5.95 Å². The summed E-state index contributed by atoms with van der Waals surface area (Å²) in [4.78, 5) is 9.78. The summed E-state index contributed by atoms with van der Waals surface area (Å²) in [6.07, 6.45) is 6.55. The second-order valence-corrected chi connectivity index (χ2v) is 4.72. The van der Waals surface area contributed by atoms with Crippen LogP contribution in [-0.2, 0) is 0 Å². The van der Waals surface area contributed by atoms with E-state index in [4.69, 9.17) is 0 Å². The lowest BCUT2D eigenvalue weighted by atomic mass is 9.68. The maximum absolute atomic E-state index is 12.9. The summed E-state index contributed by atoms with van der Waals surface area (Å²) in [5, 5.41) is 0. The van der Waals surface area contributed by atoms with Crippen LogP contribution in [0.5, 0.6) is 0 Å². The Morgan fingerprint density at radius 3 is 2.73 bits per heavy atom. The first-order valence-electron chi connectivity index (χ1n) is 5.50. The van der Waals surface area contributed by atoms with Crippen LogP contribution in [0.2, 0.25) is 0 Å². The lowest BCUT2D eigenvalue weighted by Gasteiger charge is -2.38. The van der Waals surface area contributed by atoms with E-state index < -0.39 is 5.95 Å². The zero-order valence-corrected chi connectivity index (χ0v) is 8.62. The van der Waals surface area contributed by atoms with Gasteiger partial charge in [-0.15, -0.1) is 0 Å². The van der Waals surface area contributed by atoms with Gasteiger partial charge in [-0.05, 0) is 24.7 Å². The van der Waals surface area contributed by atoms with Crippen LogP contribution in [0.3, 0.4) is 0 Å². The Morgan fingerprint density at radius 1 is 1.27 bits per heavy atom. The molecule has 0 bridgehead atoms. The van der Waals surface area contributed by atoms with Crippen molar-refractivity contribution in [1.29, 1.82) is 0 Å². The molecule has 2 fully saturated rings. The third kappa shape index (κ3) is 1.48. The largest absolute Gasteiger partial charge is 0.356 e. The standard InChI is InChI=1S/C11H14FN3/c12-9-6-10(14-8-13-9)15-5-4-11(7-15)2-1-3-11/h6,8H,1-5,7H2. The van der Waals surface area contributed by atoms with E-state index in [1.807, 2.05) is 0 Å². The number of aromatic nitrogens is 2. The SMILES string of the molecule is Fc1cc(N2CCC3(CCC3)C2)ncn1. The number of rotatable bonds is 1. The summed E-state index contributed by atoms with van der Waals surface area (Å²) < 4.78 is 12.9. The normalized spacial score (nSPS) is 23.1. The summed E-state index contributed by atoms with van der Waals surface area (Å²) in [6, 6.07) is 1.43. The highest BCUT2D eigenvalue weighted by molar-refractivity contribution is 5.39. The fourth-order valence-corrected chi connectivity index (χ4v) is 2.71. The van der Waals surface area contributed by atoms with Gasteiger partial charge in [0.25, 0.3) is 0 Å². The number of hydrogen-bond donors (Lipinski definition) is 0. The van der Waals surface area contributed by atoms with Crippen molar-refractivity contribution in [2.75, 3.05) is 18.0 Å². The molecule has 1 saturated carbocycles. The number of nitrogens with zero attached hydrogens (tertiary/aromatic N) is 3. The minimum Gasteiger partial charge on any atom is -0.356 e. The van der Waals surface area contributed by atoms with E-state index in [-0.39, 0.29) is 0 Å². The van der Waals surface area contributed by atoms with Crippen LogP contribution in [0, 0.1) is 11.4 Å². The first kappa shape index (κ1) is 9.07. The van der Waals surface area contributed by atoms with Gasteiger partial charge in [-0.3, -0.25) is 0 Å². The van der Waals surface area contributed by atoms with Crippen LogP contribution in [0.15, 0.2) is 12.4 Å². The van der Waals surface area contributed by atoms with Crippen molar-refractivity contribution in [3.63, 3.8) is 0 Å². The fourth-order valence-electron chi connectivity index (χ4n) is 2.71. The second kappa shape index (κ2) is 3.15. The monoisotopic (exact) mass is 207 g/mol. The first-order chi connectivity index (χ1) is 7.27. The van der Waals surface area contributed by atoms with E-state index in [9.17, 15) is 4.39 Å². The molecular weight excluding hydrogens is 193 g/mol. The summed E-state index contributed by atoms with van der Waals surface area (Å²) in [5.41, 5.74) is 0.529. The Morgan fingerprint density at radius 2 is 2.13 bits per heavy atom. The molecule has 3 rings (SSSR count). The molecule has 1 spiro atoms. The van der Waals surface area contributed by atoms with E-state index in [0.717, 1.165) is 18.9 Å². The van der Waals surface area contributed by atoms with E-state index in [0.29, 0.717) is 5.41 Å². The minimum absolute atomic E-state index is 0.436. The van der Waals surface area contributed by atoms with Gasteiger partial charge in [0.1, 0.15) is 12.1 Å². The molecule has 2 heterocycles. The molecule has 1 aromatic rings. The lowest BCUT2D eigenvalue weighted by Crippen LogP contribution is -2.33. The van der Waals surface area contributed by atoms with Crippen molar-refractivity contribution >= 4 is 5.82 Å². The highest BCUT2D eigenvalue weighted by atomic mass is 19.1. The zero-order chi connectivity index (χ0) is 10.3. The second-order valence-electron chi connectivity index (χ2n) is 4.72. The molecule has 1 aliphatic carbocycles. The third-order valence-electron chi connectivity index (χ3n) is 3.80. The molecule has 2 aliphatic rings. The molecule has 1 saturated heterocycles. The van der Waals surface area contributed by atoms with Crippen molar-refractivity contribution in [1.82, 2.24) is 9.97 Å². The van der Waals surface area contributed by atoms with Gasteiger partial charge in [-0.2, -0.15) is 4.39 Å². The van der Waals surface area contributed by atoms with E-state index in [2.05, 4.69) is 14.9 Å². The molecule has 0 amide bonds. The summed E-state index contributed by atoms with van der Waals surface area (Å²) in [5.74, 6) is 0.306. The van der Waals surface area contributed by atoms with E-state index in [1.165, 1.54) is 38.1 Å². The van der Waals surface area contributed by atoms with Gasteiger partial charge in [0.05, 0.1) is 0 Å². The topological polar surface area (TPSA) is 29.0 Å². The van der Waals surface area contributed by atoms with Gasteiger partial charge in [-0.1, -0.05) is 6.42 Å². The molecule has 80 valence electrons. The Bertz CT molecular complexity index is 376. The molecule has 1 aliphatic heterocycles. The van der Waals surface area contributed by atoms with Gasteiger partial charge in [-0.25, -0.2) is 9.97 Å². The van der Waals surface area contributed by atoms with Crippen molar-refractivity contribution in [3.05, 3.63) is 18.3 Å². The Hall–Kier alpha value is -1.19. The predicted octanol–water partition coefficient (Wildman–Crippen LogP) is 2.00. The van der Waals surface area contributed by atoms with Gasteiger partial charge < -0.3 is 4.90 Å². The van der Waals surface area contributed by atoms with Crippen LogP contribution < -0.4 is 4.90 Å². The summed E-state index contributed by atoms with van der Waals surface area (Å²) >= 11 is 0. The summed E-state index contributed by atoms with van der Waals surface area (Å²) in [7, 11) is 0. The fraction of sp³-hybridized carbons (Fsp3) is 0.636. The van der Waals surface area contributed by atoms with Gasteiger partial charge in [0.15, 0.2) is 0 Å². The maximum atomic E-state index is 12.9. The van der Waals surface area contributed by atoms with Crippen LogP contribution >= 0.6 is 0 Å². The number of anilines is 1. The molecule has 15 heavy (non-hydrogen) atoms. The molecule has 0 radical (unpaired) electrons. The smallest absolute Gasteiger partial charge is 0.218 e. The highest BCUT2D eigenvalue weighted by Gasteiger charge is 2.43. The number of halogens is 1. The van der Waals surface area contributed by atoms with E-state index in [1.54, 1.807) is 0 Å².